The highest BCUT2D eigenvalue weighted by molar-refractivity contribution is 7.90. The molecule has 2 unspecified atom stereocenters. The first kappa shape index (κ1) is 27.9. The van der Waals surface area contributed by atoms with Crippen molar-refractivity contribution in [3.05, 3.63) is 74.9 Å². The number of amides is 1. The van der Waals surface area contributed by atoms with E-state index in [0.717, 1.165) is 5.56 Å². The third-order valence-corrected chi connectivity index (χ3v) is 10.5. The highest BCUT2D eigenvalue weighted by Gasteiger charge is 2.50. The van der Waals surface area contributed by atoms with E-state index in [0.29, 0.717) is 62.4 Å². The summed E-state index contributed by atoms with van der Waals surface area (Å²) >= 11 is 6.10. The fourth-order valence-corrected chi connectivity index (χ4v) is 7.67. The van der Waals surface area contributed by atoms with Gasteiger partial charge in [0.15, 0.2) is 0 Å². The first-order chi connectivity index (χ1) is 18.8. The van der Waals surface area contributed by atoms with E-state index in [-0.39, 0.29) is 29.3 Å². The van der Waals surface area contributed by atoms with Crippen molar-refractivity contribution in [3.63, 3.8) is 0 Å². The Hall–Kier alpha value is -2.69. The Balaban J connectivity index is 1.35. The van der Waals surface area contributed by atoms with Crippen LogP contribution in [0.5, 0.6) is 0 Å². The van der Waals surface area contributed by atoms with E-state index >= 15 is 0 Å². The van der Waals surface area contributed by atoms with Crippen LogP contribution in [0.4, 0.5) is 10.1 Å². The summed E-state index contributed by atoms with van der Waals surface area (Å²) in [6, 6.07) is 10.3. The van der Waals surface area contributed by atoms with Gasteiger partial charge in [-0.05, 0) is 79.8 Å². The molecule has 0 spiro atoms. The highest BCUT2D eigenvalue weighted by atomic mass is 35.5. The van der Waals surface area contributed by atoms with Crippen molar-refractivity contribution in [1.29, 1.82) is 0 Å². The van der Waals surface area contributed by atoms with Gasteiger partial charge in [-0.2, -0.15) is 4.31 Å². The van der Waals surface area contributed by atoms with E-state index in [1.807, 2.05) is 12.1 Å². The number of carbonyl (C=O) groups excluding carboxylic acids is 1. The maximum atomic E-state index is 15.0. The summed E-state index contributed by atoms with van der Waals surface area (Å²) < 4.78 is 46.9. The molecule has 39 heavy (non-hydrogen) atoms. The van der Waals surface area contributed by atoms with Crippen LogP contribution in [0.15, 0.2) is 47.6 Å². The summed E-state index contributed by atoms with van der Waals surface area (Å²) in [4.78, 5) is 16.6. The number of carbonyl (C=O) groups is 1. The number of azide groups is 1. The smallest absolute Gasteiger partial charge is 0.234 e. The van der Waals surface area contributed by atoms with Gasteiger partial charge >= 0.3 is 0 Å². The zero-order chi connectivity index (χ0) is 27.6. The maximum absolute atomic E-state index is 15.0. The fraction of sp³-hybridized carbons (Fsp3) is 0.519. The molecule has 1 amide bonds. The molecule has 12 heteroatoms. The average molecular weight is 576 g/mol. The van der Waals surface area contributed by atoms with Gasteiger partial charge in [-0.3, -0.25) is 4.79 Å². The molecule has 4 atom stereocenters. The summed E-state index contributed by atoms with van der Waals surface area (Å²) in [6.45, 7) is 1.53. The topological polar surface area (TPSA) is 124 Å². The molecule has 1 aliphatic carbocycles. The monoisotopic (exact) mass is 575 g/mol. The fourth-order valence-electron chi connectivity index (χ4n) is 5.53. The lowest BCUT2D eigenvalue weighted by molar-refractivity contribution is -0.118. The molecule has 5 rings (SSSR count). The van der Waals surface area contributed by atoms with Crippen molar-refractivity contribution in [2.24, 2.45) is 11.0 Å². The number of halogens is 2. The van der Waals surface area contributed by atoms with Gasteiger partial charge in [0.2, 0.25) is 15.9 Å². The summed E-state index contributed by atoms with van der Waals surface area (Å²) in [7, 11) is -3.25. The Kier molecular flexibility index (Phi) is 8.44. The molecule has 3 aliphatic rings. The van der Waals surface area contributed by atoms with Gasteiger partial charge in [-0.15, -0.1) is 0 Å². The predicted octanol–water partition coefficient (Wildman–Crippen LogP) is 5.42. The highest BCUT2D eigenvalue weighted by Crippen LogP contribution is 2.39. The minimum atomic E-state index is -3.25. The number of sulfonamides is 1. The molecule has 3 fully saturated rings. The number of anilines is 1. The number of rotatable bonds is 11. The summed E-state index contributed by atoms with van der Waals surface area (Å²) in [6.07, 6.45) is 3.51. The van der Waals surface area contributed by atoms with Crippen molar-refractivity contribution in [2.45, 2.75) is 61.8 Å². The van der Waals surface area contributed by atoms with Crippen LogP contribution < -0.4 is 5.32 Å². The van der Waals surface area contributed by atoms with Gasteiger partial charge in [0.05, 0.1) is 5.25 Å². The standard InChI is InChI=1S/C27H31ClFN5O4S/c28-19-6-4-17(5-7-19)25(18-12-14-38-15-13-18)26(32-33-30)27(35)31-24-3-1-2-23(29)22(24)11-8-20-16-34(20)39(36,37)21-9-10-21/h1-7,18,20-21,25-26H,8-16H2,(H,31,35)/t20-,25-,26?,34?/m0/s1. The Labute approximate surface area is 232 Å². The second kappa shape index (κ2) is 11.8. The lowest BCUT2D eigenvalue weighted by Crippen LogP contribution is -2.37. The molecule has 2 saturated heterocycles. The van der Waals surface area contributed by atoms with Gasteiger partial charge in [0.1, 0.15) is 11.9 Å². The molecule has 0 radical (unpaired) electrons. The van der Waals surface area contributed by atoms with E-state index in [1.165, 1.54) is 16.4 Å². The first-order valence-corrected chi connectivity index (χ1v) is 15.1. The van der Waals surface area contributed by atoms with Gasteiger partial charge < -0.3 is 10.1 Å². The largest absolute Gasteiger partial charge is 0.381 e. The summed E-state index contributed by atoms with van der Waals surface area (Å²) in [5.74, 6) is -1.41. The third-order valence-electron chi connectivity index (χ3n) is 7.85. The van der Waals surface area contributed by atoms with Crippen molar-refractivity contribution < 1.29 is 22.3 Å². The van der Waals surface area contributed by atoms with Gasteiger partial charge in [-0.1, -0.05) is 34.9 Å². The van der Waals surface area contributed by atoms with Crippen LogP contribution in [0.1, 0.15) is 49.1 Å². The molecule has 1 saturated carbocycles. The zero-order valence-corrected chi connectivity index (χ0v) is 23.0. The molecular formula is C27H31ClFN5O4S. The Morgan fingerprint density at radius 1 is 1.18 bits per heavy atom. The number of ether oxygens (including phenoxy) is 1. The van der Waals surface area contributed by atoms with Crippen LogP contribution in [0, 0.1) is 11.7 Å². The van der Waals surface area contributed by atoms with Crippen molar-refractivity contribution >= 4 is 33.2 Å². The van der Waals surface area contributed by atoms with E-state index < -0.39 is 33.7 Å². The van der Waals surface area contributed by atoms with Gasteiger partial charge in [-0.25, -0.2) is 12.8 Å². The van der Waals surface area contributed by atoms with Crippen molar-refractivity contribution in [2.75, 3.05) is 25.1 Å². The zero-order valence-electron chi connectivity index (χ0n) is 21.4. The number of hydrogen-bond acceptors (Lipinski definition) is 5. The Bertz CT molecular complexity index is 1360. The molecular weight excluding hydrogens is 545 g/mol. The van der Waals surface area contributed by atoms with Crippen molar-refractivity contribution in [3.8, 4) is 0 Å². The second-order valence-electron chi connectivity index (χ2n) is 10.4. The minimum Gasteiger partial charge on any atom is -0.381 e. The summed E-state index contributed by atoms with van der Waals surface area (Å²) in [5, 5.41) is 7.02. The quantitative estimate of drug-likeness (QED) is 0.166. The van der Waals surface area contributed by atoms with Crippen LogP contribution in [-0.2, 0) is 26.0 Å². The first-order valence-electron chi connectivity index (χ1n) is 13.3. The molecule has 9 nitrogen and oxygen atoms in total. The lowest BCUT2D eigenvalue weighted by atomic mass is 9.76. The van der Waals surface area contributed by atoms with E-state index in [9.17, 15) is 23.1 Å². The molecule has 1 N–H and O–H groups in total. The van der Waals surface area contributed by atoms with Crippen LogP contribution in [0.2, 0.25) is 5.02 Å². The van der Waals surface area contributed by atoms with Crippen molar-refractivity contribution in [1.82, 2.24) is 4.31 Å². The van der Waals surface area contributed by atoms with Crippen LogP contribution >= 0.6 is 11.6 Å². The van der Waals surface area contributed by atoms with E-state index in [2.05, 4.69) is 15.3 Å². The Morgan fingerprint density at radius 2 is 1.90 bits per heavy atom. The molecule has 208 valence electrons. The molecule has 2 aliphatic heterocycles. The number of nitrogens with zero attached hydrogens (tertiary/aromatic N) is 4. The van der Waals surface area contributed by atoms with Gasteiger partial charge in [0.25, 0.3) is 0 Å². The average Bonchev–Trinajstić information content (AvgIpc) is 3.84. The molecule has 2 heterocycles. The van der Waals surface area contributed by atoms with Crippen LogP contribution in [-0.4, -0.2) is 55.7 Å². The number of benzene rings is 2. The molecule has 2 aromatic rings. The SMILES string of the molecule is [N-]=[N+]=NC(C(=O)Nc1cccc(F)c1CC[C@H]1CN1S(=O)(=O)C1CC1)[C@@H](c1ccc(Cl)cc1)C1CCOCC1. The predicted molar refractivity (Wildman–Crippen MR) is 146 cm³/mol. The molecule has 0 aromatic heterocycles. The lowest BCUT2D eigenvalue weighted by Gasteiger charge is -2.34. The van der Waals surface area contributed by atoms with Crippen LogP contribution in [0.3, 0.4) is 0 Å². The maximum Gasteiger partial charge on any atom is 0.234 e. The number of nitrogens with one attached hydrogen (secondary N) is 1. The van der Waals surface area contributed by atoms with Crippen LogP contribution in [0.25, 0.3) is 10.4 Å². The number of hydrogen-bond donors (Lipinski definition) is 1. The molecule has 0 bridgehead atoms. The Morgan fingerprint density at radius 3 is 2.56 bits per heavy atom. The summed E-state index contributed by atoms with van der Waals surface area (Å²) in [5.41, 5.74) is 10.8. The molecule has 2 aromatic carbocycles. The van der Waals surface area contributed by atoms with E-state index in [4.69, 9.17) is 16.3 Å². The normalized spacial score (nSPS) is 22.9. The second-order valence-corrected chi connectivity index (χ2v) is 13.0. The third kappa shape index (κ3) is 6.39. The van der Waals surface area contributed by atoms with Gasteiger partial charge in [0, 0.05) is 52.9 Å². The van der Waals surface area contributed by atoms with E-state index in [1.54, 1.807) is 18.2 Å². The minimum absolute atomic E-state index is 0.0300.